The Labute approximate surface area is 111 Å². The van der Waals surface area contributed by atoms with Crippen molar-refractivity contribution in [1.29, 1.82) is 0 Å². The van der Waals surface area contributed by atoms with Crippen LogP contribution in [-0.2, 0) is 6.42 Å². The predicted octanol–water partition coefficient (Wildman–Crippen LogP) is 3.30. The SMILES string of the molecule is CCC(C)n1ccc(CC(N)CC2CCCC2)n1. The van der Waals surface area contributed by atoms with E-state index in [1.54, 1.807) is 0 Å². The highest BCUT2D eigenvalue weighted by atomic mass is 15.3. The van der Waals surface area contributed by atoms with Gasteiger partial charge in [-0.2, -0.15) is 5.10 Å². The Hall–Kier alpha value is -0.830. The van der Waals surface area contributed by atoms with Gasteiger partial charge < -0.3 is 5.73 Å². The summed E-state index contributed by atoms with van der Waals surface area (Å²) in [6, 6.07) is 2.90. The topological polar surface area (TPSA) is 43.8 Å². The van der Waals surface area contributed by atoms with Crippen LogP contribution in [0, 0.1) is 5.92 Å². The Bertz CT molecular complexity index is 352. The van der Waals surface area contributed by atoms with Gasteiger partial charge in [0.2, 0.25) is 0 Å². The Balaban J connectivity index is 1.82. The number of hydrogen-bond acceptors (Lipinski definition) is 2. The van der Waals surface area contributed by atoms with E-state index >= 15 is 0 Å². The average molecular weight is 249 g/mol. The van der Waals surface area contributed by atoms with Crippen molar-refractivity contribution in [2.45, 2.75) is 70.9 Å². The van der Waals surface area contributed by atoms with Crippen molar-refractivity contribution in [3.8, 4) is 0 Å². The molecule has 1 aliphatic carbocycles. The first-order valence-corrected chi connectivity index (χ1v) is 7.48. The molecule has 0 aliphatic heterocycles. The molecule has 1 fully saturated rings. The number of nitrogens with zero attached hydrogens (tertiary/aromatic N) is 2. The molecule has 0 radical (unpaired) electrons. The maximum absolute atomic E-state index is 6.25. The highest BCUT2D eigenvalue weighted by Gasteiger charge is 2.18. The molecule has 2 rings (SSSR count). The van der Waals surface area contributed by atoms with Crippen LogP contribution in [0.25, 0.3) is 0 Å². The summed E-state index contributed by atoms with van der Waals surface area (Å²) in [5, 5.41) is 4.63. The molecular formula is C15H27N3. The standard InChI is InChI=1S/C15H27N3/c1-3-12(2)18-9-8-15(17-18)11-14(16)10-13-6-4-5-7-13/h8-9,12-14H,3-7,10-11,16H2,1-2H3. The molecule has 1 aromatic heterocycles. The minimum Gasteiger partial charge on any atom is -0.327 e. The molecule has 1 heterocycles. The van der Waals surface area contributed by atoms with E-state index in [-0.39, 0.29) is 6.04 Å². The van der Waals surface area contributed by atoms with E-state index in [4.69, 9.17) is 5.73 Å². The maximum atomic E-state index is 6.25. The second-order valence-corrected chi connectivity index (χ2v) is 5.89. The summed E-state index contributed by atoms with van der Waals surface area (Å²) < 4.78 is 2.07. The van der Waals surface area contributed by atoms with Crippen LogP contribution in [0.1, 0.15) is 64.1 Å². The van der Waals surface area contributed by atoms with Crippen LogP contribution in [0.2, 0.25) is 0 Å². The van der Waals surface area contributed by atoms with Crippen LogP contribution >= 0.6 is 0 Å². The Morgan fingerprint density at radius 3 is 2.83 bits per heavy atom. The van der Waals surface area contributed by atoms with E-state index < -0.39 is 0 Å². The molecule has 0 saturated heterocycles. The van der Waals surface area contributed by atoms with Crippen molar-refractivity contribution in [2.75, 3.05) is 0 Å². The van der Waals surface area contributed by atoms with Crippen LogP contribution in [0.3, 0.4) is 0 Å². The molecular weight excluding hydrogens is 222 g/mol. The molecule has 2 N–H and O–H groups in total. The molecule has 2 atom stereocenters. The van der Waals surface area contributed by atoms with Gasteiger partial charge >= 0.3 is 0 Å². The Kier molecular flexibility index (Phi) is 4.81. The lowest BCUT2D eigenvalue weighted by molar-refractivity contribution is 0.432. The third-order valence-corrected chi connectivity index (χ3v) is 4.29. The molecule has 18 heavy (non-hydrogen) atoms. The summed E-state index contributed by atoms with van der Waals surface area (Å²) in [6.45, 7) is 4.40. The van der Waals surface area contributed by atoms with Gasteiger partial charge in [0, 0.05) is 24.7 Å². The minimum atomic E-state index is 0.286. The maximum Gasteiger partial charge on any atom is 0.0640 e. The molecule has 0 bridgehead atoms. The lowest BCUT2D eigenvalue weighted by Gasteiger charge is -2.15. The fourth-order valence-corrected chi connectivity index (χ4v) is 2.94. The summed E-state index contributed by atoms with van der Waals surface area (Å²) in [5.74, 6) is 0.872. The van der Waals surface area contributed by atoms with Gasteiger partial charge in [-0.3, -0.25) is 4.68 Å². The van der Waals surface area contributed by atoms with Gasteiger partial charge in [-0.15, -0.1) is 0 Å². The highest BCUT2D eigenvalue weighted by molar-refractivity contribution is 5.02. The third-order valence-electron chi connectivity index (χ3n) is 4.29. The van der Waals surface area contributed by atoms with Gasteiger partial charge in [0.25, 0.3) is 0 Å². The van der Waals surface area contributed by atoms with E-state index in [2.05, 4.69) is 35.9 Å². The first-order chi connectivity index (χ1) is 8.69. The smallest absolute Gasteiger partial charge is 0.0640 e. The van der Waals surface area contributed by atoms with Gasteiger partial charge in [-0.25, -0.2) is 0 Å². The molecule has 1 aromatic rings. The normalized spacial score (nSPS) is 20.2. The molecule has 3 heteroatoms. The first kappa shape index (κ1) is 13.6. The van der Waals surface area contributed by atoms with Crippen molar-refractivity contribution in [3.63, 3.8) is 0 Å². The van der Waals surface area contributed by atoms with Crippen molar-refractivity contribution in [2.24, 2.45) is 11.7 Å². The van der Waals surface area contributed by atoms with Crippen LogP contribution in [0.15, 0.2) is 12.3 Å². The van der Waals surface area contributed by atoms with E-state index in [1.807, 2.05) is 0 Å². The van der Waals surface area contributed by atoms with Crippen molar-refractivity contribution >= 4 is 0 Å². The molecule has 1 saturated carbocycles. The van der Waals surface area contributed by atoms with Crippen LogP contribution in [0.4, 0.5) is 0 Å². The molecule has 2 unspecified atom stereocenters. The molecule has 102 valence electrons. The second-order valence-electron chi connectivity index (χ2n) is 5.89. The Morgan fingerprint density at radius 2 is 2.17 bits per heavy atom. The zero-order valence-electron chi connectivity index (χ0n) is 11.8. The van der Waals surface area contributed by atoms with Crippen molar-refractivity contribution < 1.29 is 0 Å². The molecule has 0 aromatic carbocycles. The largest absolute Gasteiger partial charge is 0.327 e. The van der Waals surface area contributed by atoms with Gasteiger partial charge in [0.1, 0.15) is 0 Å². The quantitative estimate of drug-likeness (QED) is 0.840. The zero-order valence-corrected chi connectivity index (χ0v) is 11.8. The summed E-state index contributed by atoms with van der Waals surface area (Å²) >= 11 is 0. The number of nitrogens with two attached hydrogens (primary N) is 1. The molecule has 0 spiro atoms. The number of rotatable bonds is 6. The van der Waals surface area contributed by atoms with Crippen molar-refractivity contribution in [3.05, 3.63) is 18.0 Å². The van der Waals surface area contributed by atoms with Crippen LogP contribution < -0.4 is 5.73 Å². The average Bonchev–Trinajstić information content (AvgIpc) is 2.99. The second kappa shape index (κ2) is 6.37. The predicted molar refractivity (Wildman–Crippen MR) is 75.5 cm³/mol. The summed E-state index contributed by atoms with van der Waals surface area (Å²) in [4.78, 5) is 0. The lowest BCUT2D eigenvalue weighted by atomic mass is 9.96. The monoisotopic (exact) mass is 249 g/mol. The fourth-order valence-electron chi connectivity index (χ4n) is 2.94. The minimum absolute atomic E-state index is 0.286. The van der Waals surface area contributed by atoms with Gasteiger partial charge in [0.15, 0.2) is 0 Å². The van der Waals surface area contributed by atoms with Gasteiger partial charge in [-0.05, 0) is 31.7 Å². The summed E-state index contributed by atoms with van der Waals surface area (Å²) in [5.41, 5.74) is 7.41. The lowest BCUT2D eigenvalue weighted by Crippen LogP contribution is -2.25. The molecule has 3 nitrogen and oxygen atoms in total. The van der Waals surface area contributed by atoms with Gasteiger partial charge in [-0.1, -0.05) is 32.6 Å². The third kappa shape index (κ3) is 3.58. The van der Waals surface area contributed by atoms with Crippen LogP contribution in [-0.4, -0.2) is 15.8 Å². The van der Waals surface area contributed by atoms with E-state index in [0.717, 1.165) is 24.5 Å². The summed E-state index contributed by atoms with van der Waals surface area (Å²) in [7, 11) is 0. The molecule has 1 aliphatic rings. The fraction of sp³-hybridized carbons (Fsp3) is 0.800. The molecule has 0 amide bonds. The van der Waals surface area contributed by atoms with E-state index in [1.165, 1.54) is 32.1 Å². The number of aromatic nitrogens is 2. The highest BCUT2D eigenvalue weighted by Crippen LogP contribution is 2.28. The van der Waals surface area contributed by atoms with E-state index in [9.17, 15) is 0 Å². The number of hydrogen-bond donors (Lipinski definition) is 1. The summed E-state index contributed by atoms with van der Waals surface area (Å²) in [6.07, 6.45) is 10.9. The first-order valence-electron chi connectivity index (χ1n) is 7.48. The van der Waals surface area contributed by atoms with Gasteiger partial charge in [0.05, 0.1) is 5.69 Å². The van der Waals surface area contributed by atoms with E-state index in [0.29, 0.717) is 6.04 Å². The van der Waals surface area contributed by atoms with Crippen LogP contribution in [0.5, 0.6) is 0 Å². The van der Waals surface area contributed by atoms with Crippen molar-refractivity contribution in [1.82, 2.24) is 9.78 Å². The zero-order chi connectivity index (χ0) is 13.0. The Morgan fingerprint density at radius 1 is 1.44 bits per heavy atom.